The molecule has 6 aromatic rings. The van der Waals surface area contributed by atoms with Gasteiger partial charge in [-0.25, -0.2) is 9.97 Å². The van der Waals surface area contributed by atoms with E-state index in [2.05, 4.69) is 31.0 Å². The minimum Gasteiger partial charge on any atom is -0.490 e. The quantitative estimate of drug-likeness (QED) is 0.0998. The predicted molar refractivity (Wildman–Crippen MR) is 278 cm³/mol. The Hall–Kier alpha value is -7.24. The SMILES string of the molecule is CCn1nc(C)cc1C(=O)Nc1nc2cc(C(N)=O)cc3c2n1C/C=C/Cn1c(NC(=O)c2cc(C)nn2CC)nc2cc(C(=O)NC4CCC(C(=O)OC)CC4)cc(c21)OC[C@@H](N1C2CCC1COC2)CO3.S. The lowest BCUT2D eigenvalue weighted by Gasteiger charge is -2.40. The van der Waals surface area contributed by atoms with E-state index in [0.717, 1.165) is 12.8 Å². The Bertz CT molecular complexity index is 3150. The van der Waals surface area contributed by atoms with Crippen LogP contribution in [-0.4, -0.2) is 131 Å². The highest BCUT2D eigenvalue weighted by Crippen LogP contribution is 2.37. The molecule has 4 aliphatic rings. The number of rotatable bonds is 11. The number of hydrogen-bond acceptors (Lipinski definition) is 14. The largest absolute Gasteiger partial charge is 0.490 e. The summed E-state index contributed by atoms with van der Waals surface area (Å²) in [6.45, 7) is 9.94. The summed E-state index contributed by atoms with van der Waals surface area (Å²) in [7, 11) is 1.39. The Morgan fingerprint density at radius 2 is 1.16 bits per heavy atom. The fourth-order valence-corrected chi connectivity index (χ4v) is 10.9. The van der Waals surface area contributed by atoms with Gasteiger partial charge >= 0.3 is 5.97 Å². The number of esters is 1. The first-order valence-electron chi connectivity index (χ1n) is 25.0. The maximum Gasteiger partial charge on any atom is 0.308 e. The third-order valence-electron chi connectivity index (χ3n) is 14.4. The van der Waals surface area contributed by atoms with E-state index < -0.39 is 23.8 Å². The number of carbonyl (C=O) groups is 5. The molecule has 3 atom stereocenters. The van der Waals surface area contributed by atoms with Crippen molar-refractivity contribution in [1.29, 1.82) is 0 Å². The molecule has 7 heterocycles. The van der Waals surface area contributed by atoms with Crippen molar-refractivity contribution in [2.45, 2.75) is 117 Å². The number of fused-ring (bicyclic) bond motifs is 2. The molecule has 1 saturated carbocycles. The molecule has 23 heteroatoms. The molecule has 4 amide bonds. The van der Waals surface area contributed by atoms with Crippen LogP contribution in [0, 0.1) is 19.8 Å². The van der Waals surface area contributed by atoms with Crippen LogP contribution < -0.4 is 31.2 Å². The molecular weight excluding hydrogens is 971 g/mol. The van der Waals surface area contributed by atoms with Crippen molar-refractivity contribution < 1.29 is 42.9 Å². The van der Waals surface area contributed by atoms with Gasteiger partial charge in [0.1, 0.15) is 47.1 Å². The number of primary amides is 1. The summed E-state index contributed by atoms with van der Waals surface area (Å²) in [6, 6.07) is 9.60. The number of nitrogens with zero attached hydrogens (tertiary/aromatic N) is 9. The van der Waals surface area contributed by atoms with Gasteiger partial charge in [0, 0.05) is 55.4 Å². The first-order valence-corrected chi connectivity index (χ1v) is 25.0. The Labute approximate surface area is 433 Å². The van der Waals surface area contributed by atoms with E-state index in [1.165, 1.54) is 7.11 Å². The number of morpholine rings is 1. The normalized spacial score (nSPS) is 21.3. The zero-order chi connectivity index (χ0) is 51.1. The molecule has 4 aromatic heterocycles. The van der Waals surface area contributed by atoms with Gasteiger partial charge in [0.2, 0.25) is 17.8 Å². The summed E-state index contributed by atoms with van der Waals surface area (Å²) in [5.74, 6) is -1.24. The van der Waals surface area contributed by atoms with E-state index in [9.17, 15) is 24.0 Å². The molecule has 1 aliphatic carbocycles. The second-order valence-corrected chi connectivity index (χ2v) is 19.2. The average molecular weight is 1030 g/mol. The van der Waals surface area contributed by atoms with Gasteiger partial charge < -0.3 is 39.1 Å². The number of benzene rings is 2. The monoisotopic (exact) mass is 1030 g/mol. The molecular formula is C51H63N13O9S. The summed E-state index contributed by atoms with van der Waals surface area (Å²) >= 11 is 0. The first kappa shape index (κ1) is 51.7. The van der Waals surface area contributed by atoms with Gasteiger partial charge in [0.25, 0.3) is 17.7 Å². The molecule has 3 aliphatic heterocycles. The second-order valence-electron chi connectivity index (χ2n) is 19.2. The van der Waals surface area contributed by atoms with Gasteiger partial charge in [-0.3, -0.25) is 48.9 Å². The van der Waals surface area contributed by atoms with Gasteiger partial charge in [0.15, 0.2) is 0 Å². The van der Waals surface area contributed by atoms with Crippen molar-refractivity contribution in [3.8, 4) is 11.5 Å². The minimum atomic E-state index is -0.680. The van der Waals surface area contributed by atoms with Crippen LogP contribution in [0.4, 0.5) is 11.9 Å². The van der Waals surface area contributed by atoms with Gasteiger partial charge in [-0.2, -0.15) is 23.7 Å². The number of methoxy groups -OCH3 is 1. The summed E-state index contributed by atoms with van der Waals surface area (Å²) in [5.41, 5.74) is 10.3. The van der Waals surface area contributed by atoms with Crippen LogP contribution in [0.15, 0.2) is 48.6 Å². The lowest BCUT2D eigenvalue weighted by molar-refractivity contribution is -0.146. The second kappa shape index (κ2) is 21.7. The zero-order valence-corrected chi connectivity index (χ0v) is 43.2. The topological polar surface area (TPSA) is 259 Å². The fourth-order valence-electron chi connectivity index (χ4n) is 10.9. The molecule has 10 rings (SSSR count). The molecule has 74 heavy (non-hydrogen) atoms. The number of imidazole rings is 2. The van der Waals surface area contributed by atoms with Crippen LogP contribution in [0.2, 0.25) is 0 Å². The predicted octanol–water partition coefficient (Wildman–Crippen LogP) is 4.87. The molecule has 2 aromatic carbocycles. The van der Waals surface area contributed by atoms with Gasteiger partial charge in [-0.15, -0.1) is 0 Å². The van der Waals surface area contributed by atoms with Crippen molar-refractivity contribution in [2.75, 3.05) is 44.2 Å². The number of carbonyl (C=O) groups excluding carboxylic acids is 5. The maximum absolute atomic E-state index is 14.3. The highest BCUT2D eigenvalue weighted by molar-refractivity contribution is 7.59. The number of aryl methyl sites for hydroxylation is 4. The van der Waals surface area contributed by atoms with Crippen LogP contribution in [0.3, 0.4) is 0 Å². The molecule has 5 N–H and O–H groups in total. The van der Waals surface area contributed by atoms with E-state index >= 15 is 0 Å². The number of nitrogens with two attached hydrogens (primary N) is 1. The van der Waals surface area contributed by atoms with Crippen LogP contribution in [-0.2, 0) is 40.4 Å². The van der Waals surface area contributed by atoms with E-state index in [0.29, 0.717) is 114 Å². The third kappa shape index (κ3) is 10.2. The van der Waals surface area contributed by atoms with Crippen molar-refractivity contribution in [2.24, 2.45) is 11.7 Å². The Morgan fingerprint density at radius 1 is 0.662 bits per heavy atom. The smallest absolute Gasteiger partial charge is 0.308 e. The maximum atomic E-state index is 14.3. The molecule has 0 spiro atoms. The lowest BCUT2D eigenvalue weighted by Crippen LogP contribution is -2.55. The Kier molecular flexibility index (Phi) is 15.1. The van der Waals surface area contributed by atoms with Crippen LogP contribution in [0.25, 0.3) is 22.1 Å². The van der Waals surface area contributed by atoms with Crippen molar-refractivity contribution in [3.63, 3.8) is 0 Å². The van der Waals surface area contributed by atoms with Crippen molar-refractivity contribution in [1.82, 2.24) is 48.9 Å². The molecule has 2 saturated heterocycles. The Balaban J connectivity index is 0.00000672. The molecule has 2 bridgehead atoms. The van der Waals surface area contributed by atoms with Crippen LogP contribution in [0.5, 0.6) is 11.5 Å². The molecule has 392 valence electrons. The van der Waals surface area contributed by atoms with E-state index in [1.807, 2.05) is 49.0 Å². The van der Waals surface area contributed by atoms with E-state index in [4.69, 9.17) is 34.6 Å². The van der Waals surface area contributed by atoms with Gasteiger partial charge in [-0.05, 0) is 103 Å². The van der Waals surface area contributed by atoms with Gasteiger partial charge in [-0.1, -0.05) is 12.2 Å². The van der Waals surface area contributed by atoms with Crippen molar-refractivity contribution in [3.05, 3.63) is 82.5 Å². The summed E-state index contributed by atoms with van der Waals surface area (Å²) in [5, 5.41) is 18.2. The number of nitrogens with one attached hydrogen (secondary N) is 3. The zero-order valence-electron chi connectivity index (χ0n) is 42.2. The summed E-state index contributed by atoms with van der Waals surface area (Å²) in [4.78, 5) is 79.9. The number of hydrogen-bond donors (Lipinski definition) is 4. The molecule has 22 nitrogen and oxygen atoms in total. The van der Waals surface area contributed by atoms with Crippen molar-refractivity contribution >= 4 is 77.1 Å². The third-order valence-corrected chi connectivity index (χ3v) is 14.4. The lowest BCUT2D eigenvalue weighted by atomic mass is 9.86. The summed E-state index contributed by atoms with van der Waals surface area (Å²) in [6.07, 6.45) is 8.01. The number of amides is 4. The number of anilines is 2. The summed E-state index contributed by atoms with van der Waals surface area (Å²) < 4.78 is 31.7. The molecule has 2 unspecified atom stereocenters. The first-order chi connectivity index (χ1) is 35.3. The number of ether oxygens (including phenoxy) is 4. The Morgan fingerprint density at radius 3 is 1.65 bits per heavy atom. The van der Waals surface area contributed by atoms with Crippen LogP contribution in [0.1, 0.15) is 105 Å². The highest BCUT2D eigenvalue weighted by atomic mass is 32.1. The average Bonchev–Trinajstić information content (AvgIpc) is 4.19. The fraction of sp³-hybridized carbons (Fsp3) is 0.471. The molecule has 0 radical (unpaired) electrons. The van der Waals surface area contributed by atoms with Gasteiger partial charge in [0.05, 0.1) is 54.7 Å². The highest BCUT2D eigenvalue weighted by Gasteiger charge is 2.42. The minimum absolute atomic E-state index is 0. The molecule has 3 fully saturated rings. The van der Waals surface area contributed by atoms with E-state index in [1.54, 1.807) is 45.8 Å². The van der Waals surface area contributed by atoms with Crippen LogP contribution >= 0.6 is 13.5 Å². The number of allylic oxidation sites excluding steroid dienone is 2. The van der Waals surface area contributed by atoms with E-state index in [-0.39, 0.29) is 93.2 Å². The number of aromatic nitrogens is 8. The standard InChI is InChI=1S/C51H61N13O9.H2S/c1-6-62-39(18-28(3)58-62)47(67)56-50-54-37-20-31(45(52)65)22-41-43(37)60(50)16-8-9-17-61-44-38(55-51(61)57-48(68)40-19-29(4)59-63(40)7-2)21-32(46(66)53-33-12-10-30(11-13-33)49(69)70-5)23-42(44)73-27-36(26-72-41)64-34-14-15-35(64)25-71-24-34;/h8-9,18-23,30,33-36H,6-7,10-17,24-27H2,1-5H3,(H2,52,65)(H,53,66)(H,54,56,67)(H,55,57,68);1H2/b9-8+;/t30?,33?,34?,35?,36-;/m0./s1.